The van der Waals surface area contributed by atoms with Gasteiger partial charge in [0, 0.05) is 0 Å². The summed E-state index contributed by atoms with van der Waals surface area (Å²) in [7, 11) is 0. The fourth-order valence-electron chi connectivity index (χ4n) is 5.03. The van der Waals surface area contributed by atoms with Crippen molar-refractivity contribution in [1.29, 1.82) is 0 Å². The molecule has 0 nitrogen and oxygen atoms in total. The van der Waals surface area contributed by atoms with Crippen molar-refractivity contribution >= 4 is 72.8 Å². The predicted octanol–water partition coefficient (Wildman–Crippen LogP) is 13.0. The summed E-state index contributed by atoms with van der Waals surface area (Å²) in [6, 6.07) is 32.3. The number of benzene rings is 4. The molecule has 0 saturated heterocycles. The molecule has 46 heavy (non-hydrogen) atoms. The smallest absolute Gasteiger partial charge is 0.109 e. The summed E-state index contributed by atoms with van der Waals surface area (Å²) in [4.78, 5) is 0. The minimum Gasteiger partial charge on any atom is -0.273 e. The predicted molar refractivity (Wildman–Crippen MR) is 206 cm³/mol. The largest absolute Gasteiger partial charge is 0.273 e. The molecule has 5 aromatic rings. The van der Waals surface area contributed by atoms with Crippen molar-refractivity contribution in [3.63, 3.8) is 0 Å². The maximum Gasteiger partial charge on any atom is -0.109 e. The molecule has 5 aromatic carbocycles. The third-order valence-corrected chi connectivity index (χ3v) is 9.06. The van der Waals surface area contributed by atoms with Crippen molar-refractivity contribution in [2.75, 3.05) is 0 Å². The Morgan fingerprint density at radius 2 is 1.09 bits per heavy atom. The van der Waals surface area contributed by atoms with Crippen molar-refractivity contribution in [2.24, 2.45) is 0 Å². The molecular weight excluding hydrogens is 725 g/mol. The van der Waals surface area contributed by atoms with Gasteiger partial charge in [0.2, 0.25) is 0 Å². The summed E-state index contributed by atoms with van der Waals surface area (Å²) in [6.45, 7) is 13.7. The Morgan fingerprint density at radius 1 is 0.674 bits per heavy atom. The zero-order chi connectivity index (χ0) is 31.9. The van der Waals surface area contributed by atoms with Gasteiger partial charge in [0.25, 0.3) is 0 Å². The Labute approximate surface area is 313 Å². The number of fused-ring (bicyclic) bond motifs is 3. The fourth-order valence-corrected chi connectivity index (χ4v) is 6.29. The van der Waals surface area contributed by atoms with E-state index in [1.165, 1.54) is 71.2 Å². The molecule has 0 aromatic heterocycles. The zero-order valence-corrected chi connectivity index (χ0v) is 33.2. The van der Waals surface area contributed by atoms with Gasteiger partial charge in [-0.15, -0.1) is 71.0 Å². The van der Waals surface area contributed by atoms with Gasteiger partial charge in [-0.3, -0.25) is 6.08 Å². The van der Waals surface area contributed by atoms with Crippen LogP contribution < -0.4 is 0 Å². The molecule has 0 radical (unpaired) electrons. The Bertz CT molecular complexity index is 1630. The minimum atomic E-state index is 0. The van der Waals surface area contributed by atoms with E-state index in [-0.39, 0.29) is 35.6 Å². The van der Waals surface area contributed by atoms with Gasteiger partial charge in [0.1, 0.15) is 0 Å². The van der Waals surface area contributed by atoms with Gasteiger partial charge in [-0.25, -0.2) is 12.2 Å². The number of hydrogen-bond donors (Lipinski definition) is 0. The third kappa shape index (κ3) is 12.0. The van der Waals surface area contributed by atoms with E-state index in [4.69, 9.17) is 23.2 Å². The normalized spacial score (nSPS) is 12.0. The molecule has 0 saturated carbocycles. The van der Waals surface area contributed by atoms with Crippen molar-refractivity contribution in [2.45, 2.75) is 71.6 Å². The summed E-state index contributed by atoms with van der Waals surface area (Å²) >= 11 is 13.2. The van der Waals surface area contributed by atoms with Gasteiger partial charge in [-0.1, -0.05) is 76.9 Å². The third-order valence-electron chi connectivity index (χ3n) is 7.69. The van der Waals surface area contributed by atoms with E-state index in [2.05, 4.69) is 120 Å². The van der Waals surface area contributed by atoms with Crippen molar-refractivity contribution in [3.8, 4) is 0 Å². The van der Waals surface area contributed by atoms with Crippen LogP contribution in [0, 0.1) is 6.08 Å². The molecule has 0 atom stereocenters. The number of rotatable bonds is 4. The van der Waals surface area contributed by atoms with Gasteiger partial charge in [0.15, 0.2) is 0 Å². The van der Waals surface area contributed by atoms with Gasteiger partial charge >= 0.3 is 133 Å². The minimum absolute atomic E-state index is 0. The Hall–Kier alpha value is -1.86. The second-order valence-electron chi connectivity index (χ2n) is 13.5. The van der Waals surface area contributed by atoms with Crippen LogP contribution in [0.5, 0.6) is 0 Å². The molecular formula is C41H44Cl4Zr. The molecule has 0 aliphatic heterocycles. The molecule has 0 N–H and O–H groups in total. The van der Waals surface area contributed by atoms with Crippen molar-refractivity contribution in [1.82, 2.24) is 0 Å². The molecule has 0 heterocycles. The van der Waals surface area contributed by atoms with E-state index in [0.717, 1.165) is 29.3 Å². The Morgan fingerprint density at radius 3 is 1.39 bits per heavy atom. The van der Waals surface area contributed by atoms with Crippen LogP contribution in [0.2, 0.25) is 10.0 Å². The monoisotopic (exact) mass is 766 g/mol. The summed E-state index contributed by atoms with van der Waals surface area (Å²) < 4.78 is 1.52. The summed E-state index contributed by atoms with van der Waals surface area (Å²) in [6.07, 6.45) is 12.1. The van der Waals surface area contributed by atoms with Gasteiger partial charge in [-0.05, 0) is 10.8 Å². The maximum atomic E-state index is 5.88. The van der Waals surface area contributed by atoms with Crippen LogP contribution in [0.15, 0.2) is 109 Å². The molecule has 0 bridgehead atoms. The van der Waals surface area contributed by atoms with Crippen molar-refractivity contribution < 1.29 is 24.2 Å². The maximum absolute atomic E-state index is 5.88. The first-order valence-electron chi connectivity index (χ1n) is 15.2. The van der Waals surface area contributed by atoms with E-state index in [1.807, 2.05) is 36.4 Å². The quantitative estimate of drug-likeness (QED) is 0.160. The first kappa shape index (κ1) is 40.3. The molecule has 1 aliphatic carbocycles. The number of allylic oxidation sites excluding steroid dienone is 4. The molecule has 0 fully saturated rings. The molecule has 0 unspecified atom stereocenters. The van der Waals surface area contributed by atoms with E-state index in [1.54, 1.807) is 0 Å². The van der Waals surface area contributed by atoms with E-state index in [9.17, 15) is 0 Å². The Balaban J connectivity index is 0.000000270. The van der Waals surface area contributed by atoms with E-state index in [0.29, 0.717) is 0 Å². The second kappa shape index (κ2) is 18.1. The number of hydrogen-bond acceptors (Lipinski definition) is 0. The molecule has 0 amide bonds. The summed E-state index contributed by atoms with van der Waals surface area (Å²) in [5.74, 6) is 0. The molecule has 0 spiro atoms. The average molecular weight is 770 g/mol. The standard InChI is InChI=1S/C21H25.C15H12Cl2.C5H5.2ClH.Zr/c1-20(2,3)16-9-7-14-11-15-8-10-17(21(4,5)6)13-19(15)18(14)12-16;16-14-8-4-12(5-9-14)2-1-3-13-6-10-15(17)11-7-13;1-2-4-5-3-1;;;/h7-13H,1-6H3;4-11H,2-3H2;1-3H,4H2;2*1H;/q-1;;-1;;;+2. The zero-order valence-electron chi connectivity index (χ0n) is 27.6. The SMILES string of the molecule is CC(C)(C)c1ccc2[cH-]c3ccc(C(C)(C)C)cc3c2c1.Cl.Cl.Clc1ccc(C[C](=[Zr+2])Cc2ccc(Cl)cc2)cc1.[C-]1=CC=CC1. The first-order chi connectivity index (χ1) is 20.8. The van der Waals surface area contributed by atoms with Crippen LogP contribution in [-0.2, 0) is 47.9 Å². The number of halogens is 4. The first-order valence-corrected chi connectivity index (χ1v) is 17.2. The summed E-state index contributed by atoms with van der Waals surface area (Å²) in [5, 5.41) is 7.07. The molecule has 6 rings (SSSR count). The van der Waals surface area contributed by atoms with E-state index >= 15 is 0 Å². The van der Waals surface area contributed by atoms with Crippen LogP contribution in [-0.4, -0.2) is 3.21 Å². The van der Waals surface area contributed by atoms with Gasteiger partial charge in [-0.2, -0.15) is 6.08 Å². The second-order valence-corrected chi connectivity index (χ2v) is 16.1. The van der Waals surface area contributed by atoms with Gasteiger partial charge < -0.3 is 0 Å². The molecule has 240 valence electrons. The van der Waals surface area contributed by atoms with E-state index < -0.39 is 0 Å². The van der Waals surface area contributed by atoms with Crippen LogP contribution >= 0.6 is 48.0 Å². The Kier molecular flexibility index (Phi) is 15.8. The van der Waals surface area contributed by atoms with Crippen molar-refractivity contribution in [3.05, 3.63) is 148 Å². The van der Waals surface area contributed by atoms with Crippen LogP contribution in [0.1, 0.15) is 70.2 Å². The topological polar surface area (TPSA) is 0 Å². The van der Waals surface area contributed by atoms with Crippen LogP contribution in [0.4, 0.5) is 0 Å². The fraction of sp³-hybridized carbons (Fsp3) is 0.268. The molecule has 1 aliphatic rings. The van der Waals surface area contributed by atoms with Crippen LogP contribution in [0.25, 0.3) is 21.5 Å². The van der Waals surface area contributed by atoms with Crippen LogP contribution in [0.3, 0.4) is 0 Å². The summed E-state index contributed by atoms with van der Waals surface area (Å²) in [5.41, 5.74) is 5.84. The molecule has 5 heteroatoms. The average Bonchev–Trinajstić information content (AvgIpc) is 3.66. The van der Waals surface area contributed by atoms with Gasteiger partial charge in [0.05, 0.1) is 0 Å².